The van der Waals surface area contributed by atoms with Crippen LogP contribution >= 0.6 is 0 Å². The van der Waals surface area contributed by atoms with Crippen molar-refractivity contribution >= 4 is 11.4 Å². The zero-order valence-electron chi connectivity index (χ0n) is 7.07. The summed E-state index contributed by atoms with van der Waals surface area (Å²) in [6.07, 6.45) is 0. The molecule has 0 aliphatic heterocycles. The first-order chi connectivity index (χ1) is 5.66. The Bertz CT molecular complexity index is 350. The van der Waals surface area contributed by atoms with Gasteiger partial charge in [-0.1, -0.05) is 11.2 Å². The Kier molecular flexibility index (Phi) is 2.21. The van der Waals surface area contributed by atoms with Crippen LogP contribution in [0.1, 0.15) is 11.1 Å². The topological polar surface area (TPSA) is 74.8 Å². The molecule has 4 nitrogen and oxygen atoms in total. The van der Waals surface area contributed by atoms with Gasteiger partial charge in [0.15, 0.2) is 0 Å². The number of rotatable bonds is 1. The van der Waals surface area contributed by atoms with E-state index < -0.39 is 0 Å². The molecule has 4 heteroatoms. The number of nitrogens with zero attached hydrogens (tertiary/aromatic N) is 3. The van der Waals surface area contributed by atoms with Crippen molar-refractivity contribution in [3.8, 4) is 0 Å². The molecule has 0 spiro atoms. The molecule has 0 bridgehead atoms. The molecule has 1 rings (SSSR count). The van der Waals surface area contributed by atoms with Crippen LogP contribution in [0.5, 0.6) is 0 Å². The van der Waals surface area contributed by atoms with E-state index in [1.165, 1.54) is 0 Å². The van der Waals surface area contributed by atoms with Crippen molar-refractivity contribution in [2.75, 3.05) is 5.73 Å². The molecule has 0 saturated carbocycles. The van der Waals surface area contributed by atoms with Gasteiger partial charge in [0.1, 0.15) is 0 Å². The van der Waals surface area contributed by atoms with Gasteiger partial charge in [-0.25, -0.2) is 0 Å². The highest BCUT2D eigenvalue weighted by Gasteiger charge is 2.02. The lowest BCUT2D eigenvalue weighted by molar-refractivity contribution is 1.30. The minimum absolute atomic E-state index is 0.524. The summed E-state index contributed by atoms with van der Waals surface area (Å²) in [7, 11) is 0. The molecule has 0 atom stereocenters. The van der Waals surface area contributed by atoms with E-state index in [1.807, 2.05) is 19.9 Å². The average Bonchev–Trinajstić information content (AvgIpc) is 2.06. The lowest BCUT2D eigenvalue weighted by Crippen LogP contribution is -1.89. The molecule has 0 radical (unpaired) electrons. The van der Waals surface area contributed by atoms with Crippen LogP contribution in [0.25, 0.3) is 10.4 Å². The van der Waals surface area contributed by atoms with E-state index in [0.29, 0.717) is 11.4 Å². The van der Waals surface area contributed by atoms with E-state index in [1.54, 1.807) is 6.07 Å². The summed E-state index contributed by atoms with van der Waals surface area (Å²) in [4.78, 5) is 2.71. The van der Waals surface area contributed by atoms with Gasteiger partial charge in [0, 0.05) is 10.6 Å². The van der Waals surface area contributed by atoms with E-state index in [0.717, 1.165) is 11.1 Å². The largest absolute Gasteiger partial charge is 0.398 e. The van der Waals surface area contributed by atoms with Crippen molar-refractivity contribution in [3.63, 3.8) is 0 Å². The number of nitrogen functional groups attached to an aromatic ring is 1. The zero-order chi connectivity index (χ0) is 9.14. The maximum Gasteiger partial charge on any atom is 0.0636 e. The van der Waals surface area contributed by atoms with E-state index in [2.05, 4.69) is 10.0 Å². The number of azide groups is 1. The lowest BCUT2D eigenvalue weighted by Gasteiger charge is -2.05. The molecule has 0 unspecified atom stereocenters. The Morgan fingerprint density at radius 2 is 2.08 bits per heavy atom. The Morgan fingerprint density at radius 3 is 2.67 bits per heavy atom. The SMILES string of the molecule is Cc1ccc(N)c(N=[N+]=[N-])c1C. The minimum Gasteiger partial charge on any atom is -0.398 e. The summed E-state index contributed by atoms with van der Waals surface area (Å²) in [6, 6.07) is 3.65. The number of anilines is 1. The number of nitrogens with two attached hydrogens (primary N) is 1. The van der Waals surface area contributed by atoms with E-state index in [-0.39, 0.29) is 0 Å². The lowest BCUT2D eigenvalue weighted by atomic mass is 10.1. The van der Waals surface area contributed by atoms with Gasteiger partial charge in [-0.15, -0.1) is 0 Å². The molecule has 1 aromatic rings. The molecule has 12 heavy (non-hydrogen) atoms. The molecule has 62 valence electrons. The predicted molar refractivity (Wildman–Crippen MR) is 49.1 cm³/mol. The van der Waals surface area contributed by atoms with Crippen LogP contribution in [-0.4, -0.2) is 0 Å². The summed E-state index contributed by atoms with van der Waals surface area (Å²) in [5.74, 6) is 0. The zero-order valence-corrected chi connectivity index (χ0v) is 7.07. The van der Waals surface area contributed by atoms with Crippen molar-refractivity contribution in [2.24, 2.45) is 5.11 Å². The van der Waals surface area contributed by atoms with Gasteiger partial charge in [-0.2, -0.15) is 0 Å². The summed E-state index contributed by atoms with van der Waals surface area (Å²) in [6.45, 7) is 3.83. The molecular weight excluding hydrogens is 152 g/mol. The number of benzene rings is 1. The fourth-order valence-corrected chi connectivity index (χ4v) is 0.999. The monoisotopic (exact) mass is 162 g/mol. The first kappa shape index (κ1) is 8.43. The third-order valence-corrected chi connectivity index (χ3v) is 1.88. The molecule has 0 saturated heterocycles. The van der Waals surface area contributed by atoms with Gasteiger partial charge in [0.25, 0.3) is 0 Å². The fourth-order valence-electron chi connectivity index (χ4n) is 0.999. The Hall–Kier alpha value is -1.67. The van der Waals surface area contributed by atoms with E-state index in [9.17, 15) is 0 Å². The van der Waals surface area contributed by atoms with Crippen molar-refractivity contribution in [3.05, 3.63) is 33.7 Å². The minimum atomic E-state index is 0.524. The van der Waals surface area contributed by atoms with Gasteiger partial charge >= 0.3 is 0 Å². The van der Waals surface area contributed by atoms with Crippen LogP contribution in [0.15, 0.2) is 17.2 Å². The average molecular weight is 162 g/mol. The van der Waals surface area contributed by atoms with Gasteiger partial charge in [0.2, 0.25) is 0 Å². The Morgan fingerprint density at radius 1 is 1.42 bits per heavy atom. The van der Waals surface area contributed by atoms with E-state index in [4.69, 9.17) is 11.3 Å². The van der Waals surface area contributed by atoms with Crippen molar-refractivity contribution < 1.29 is 0 Å². The smallest absolute Gasteiger partial charge is 0.0636 e. The summed E-state index contributed by atoms with van der Waals surface area (Å²) in [5.41, 5.74) is 17.0. The third-order valence-electron chi connectivity index (χ3n) is 1.88. The van der Waals surface area contributed by atoms with Crippen LogP contribution < -0.4 is 5.73 Å². The molecular formula is C8H10N4. The second-order valence-corrected chi connectivity index (χ2v) is 2.63. The van der Waals surface area contributed by atoms with Gasteiger partial charge in [0.05, 0.1) is 5.69 Å². The van der Waals surface area contributed by atoms with Crippen LogP contribution in [0.2, 0.25) is 0 Å². The highest BCUT2D eigenvalue weighted by atomic mass is 15.1. The maximum atomic E-state index is 8.26. The van der Waals surface area contributed by atoms with Crippen molar-refractivity contribution in [1.29, 1.82) is 0 Å². The maximum absolute atomic E-state index is 8.26. The molecule has 1 aromatic carbocycles. The van der Waals surface area contributed by atoms with Crippen LogP contribution in [0, 0.1) is 13.8 Å². The molecule has 0 aliphatic rings. The highest BCUT2D eigenvalue weighted by molar-refractivity contribution is 5.67. The summed E-state index contributed by atoms with van der Waals surface area (Å²) < 4.78 is 0. The van der Waals surface area contributed by atoms with E-state index >= 15 is 0 Å². The second kappa shape index (κ2) is 3.15. The second-order valence-electron chi connectivity index (χ2n) is 2.63. The first-order valence-electron chi connectivity index (χ1n) is 3.57. The molecule has 0 amide bonds. The molecule has 0 aliphatic carbocycles. The normalized spacial score (nSPS) is 9.17. The molecule has 0 heterocycles. The third kappa shape index (κ3) is 1.33. The highest BCUT2D eigenvalue weighted by Crippen LogP contribution is 2.28. The standard InChI is InChI=1S/C8H10N4/c1-5-3-4-7(9)8(6(5)2)11-12-10/h3-4H,9H2,1-2H3. The number of hydrogen-bond acceptors (Lipinski definition) is 2. The number of hydrogen-bond donors (Lipinski definition) is 1. The van der Waals surface area contributed by atoms with Crippen molar-refractivity contribution in [1.82, 2.24) is 0 Å². The van der Waals surface area contributed by atoms with Crippen LogP contribution in [0.3, 0.4) is 0 Å². The van der Waals surface area contributed by atoms with Gasteiger partial charge in [-0.05, 0) is 36.6 Å². The molecule has 2 N–H and O–H groups in total. The van der Waals surface area contributed by atoms with Gasteiger partial charge in [-0.3, -0.25) is 0 Å². The summed E-state index contributed by atoms with van der Waals surface area (Å²) >= 11 is 0. The Balaban J connectivity index is 3.42. The number of aryl methyl sites for hydroxylation is 1. The van der Waals surface area contributed by atoms with Gasteiger partial charge < -0.3 is 5.73 Å². The van der Waals surface area contributed by atoms with Crippen LogP contribution in [-0.2, 0) is 0 Å². The van der Waals surface area contributed by atoms with Crippen LogP contribution in [0.4, 0.5) is 11.4 Å². The fraction of sp³-hybridized carbons (Fsp3) is 0.250. The first-order valence-corrected chi connectivity index (χ1v) is 3.57. The van der Waals surface area contributed by atoms with Crippen molar-refractivity contribution in [2.45, 2.75) is 13.8 Å². The predicted octanol–water partition coefficient (Wildman–Crippen LogP) is 2.83. The summed E-state index contributed by atoms with van der Waals surface area (Å²) in [5, 5.41) is 3.52. The Labute approximate surface area is 70.6 Å². The molecule has 0 fully saturated rings. The molecule has 0 aromatic heterocycles. The quantitative estimate of drug-likeness (QED) is 0.293.